The van der Waals surface area contributed by atoms with Crippen molar-refractivity contribution in [3.05, 3.63) is 90.8 Å². The van der Waals surface area contributed by atoms with Gasteiger partial charge in [0.1, 0.15) is 0 Å². The second-order valence-electron chi connectivity index (χ2n) is 6.30. The van der Waals surface area contributed by atoms with E-state index in [1.807, 2.05) is 72.7 Å². The number of carbonyl (C=O) groups excluding carboxylic acids is 1. The molecule has 0 saturated carbocycles. The summed E-state index contributed by atoms with van der Waals surface area (Å²) in [6, 6.07) is 13.5. The quantitative estimate of drug-likeness (QED) is 0.596. The number of carbonyl (C=O) groups is 1. The number of nitrogens with one attached hydrogen (secondary N) is 1. The van der Waals surface area contributed by atoms with Crippen LogP contribution < -0.4 is 5.32 Å². The average molecular weight is 357 g/mol. The molecule has 0 fully saturated rings. The maximum Gasteiger partial charge on any atom is 0.251 e. The van der Waals surface area contributed by atoms with Crippen LogP contribution in [-0.4, -0.2) is 25.2 Å². The van der Waals surface area contributed by atoms with E-state index in [2.05, 4.69) is 15.4 Å². The lowest BCUT2D eigenvalue weighted by Gasteiger charge is -2.08. The van der Waals surface area contributed by atoms with Crippen molar-refractivity contribution in [3.8, 4) is 16.8 Å². The first kappa shape index (κ1) is 16.8. The molecular formula is C21H19N5O. The highest BCUT2D eigenvalue weighted by Gasteiger charge is 2.07. The lowest BCUT2D eigenvalue weighted by atomic mass is 10.1. The molecule has 0 aliphatic carbocycles. The van der Waals surface area contributed by atoms with E-state index in [9.17, 15) is 4.79 Å². The molecule has 6 nitrogen and oxygen atoms in total. The zero-order valence-electron chi connectivity index (χ0n) is 14.9. The summed E-state index contributed by atoms with van der Waals surface area (Å²) in [4.78, 5) is 16.7. The summed E-state index contributed by atoms with van der Waals surface area (Å²) in [6.45, 7) is 0.416. The first-order valence-electron chi connectivity index (χ1n) is 8.63. The number of rotatable bonds is 5. The molecule has 1 N–H and O–H groups in total. The molecule has 3 heterocycles. The van der Waals surface area contributed by atoms with Crippen molar-refractivity contribution in [1.29, 1.82) is 0 Å². The van der Waals surface area contributed by atoms with Gasteiger partial charge in [0.15, 0.2) is 0 Å². The van der Waals surface area contributed by atoms with Gasteiger partial charge in [-0.05, 0) is 48.0 Å². The van der Waals surface area contributed by atoms with Crippen LogP contribution in [0.2, 0.25) is 0 Å². The Balaban J connectivity index is 1.42. The van der Waals surface area contributed by atoms with E-state index >= 15 is 0 Å². The van der Waals surface area contributed by atoms with Crippen molar-refractivity contribution in [3.63, 3.8) is 0 Å². The van der Waals surface area contributed by atoms with Gasteiger partial charge in [-0.15, -0.1) is 0 Å². The summed E-state index contributed by atoms with van der Waals surface area (Å²) < 4.78 is 3.75. The zero-order chi connectivity index (χ0) is 18.6. The van der Waals surface area contributed by atoms with Crippen LogP contribution in [0.3, 0.4) is 0 Å². The van der Waals surface area contributed by atoms with Gasteiger partial charge in [-0.3, -0.25) is 14.5 Å². The van der Waals surface area contributed by atoms with Gasteiger partial charge in [0, 0.05) is 67.0 Å². The first-order chi connectivity index (χ1) is 13.2. The maximum absolute atomic E-state index is 12.4. The number of aryl methyl sites for hydroxylation is 1. The van der Waals surface area contributed by atoms with E-state index in [-0.39, 0.29) is 5.91 Å². The summed E-state index contributed by atoms with van der Waals surface area (Å²) in [7, 11) is 1.88. The largest absolute Gasteiger partial charge is 0.348 e. The molecule has 0 bridgehead atoms. The van der Waals surface area contributed by atoms with Gasteiger partial charge in [-0.25, -0.2) is 0 Å². The molecule has 0 atom stereocenters. The molecule has 1 aromatic carbocycles. The second kappa shape index (κ2) is 7.29. The Morgan fingerprint density at radius 3 is 2.52 bits per heavy atom. The molecule has 0 unspecified atom stereocenters. The lowest BCUT2D eigenvalue weighted by molar-refractivity contribution is 0.0951. The molecule has 0 aliphatic rings. The molecule has 4 rings (SSSR count). The second-order valence-corrected chi connectivity index (χ2v) is 6.30. The van der Waals surface area contributed by atoms with Gasteiger partial charge < -0.3 is 9.88 Å². The van der Waals surface area contributed by atoms with Crippen LogP contribution in [0.4, 0.5) is 0 Å². The van der Waals surface area contributed by atoms with Crippen LogP contribution in [0.15, 0.2) is 79.6 Å². The van der Waals surface area contributed by atoms with Gasteiger partial charge in [0.05, 0.1) is 6.20 Å². The molecule has 0 saturated heterocycles. The predicted molar refractivity (Wildman–Crippen MR) is 103 cm³/mol. The molecule has 0 radical (unpaired) electrons. The highest BCUT2D eigenvalue weighted by Crippen LogP contribution is 2.18. The summed E-state index contributed by atoms with van der Waals surface area (Å²) in [5.74, 6) is -0.110. The third-order valence-electron chi connectivity index (χ3n) is 4.32. The lowest BCUT2D eigenvalue weighted by Crippen LogP contribution is -2.22. The van der Waals surface area contributed by atoms with Gasteiger partial charge in [-0.2, -0.15) is 5.10 Å². The van der Waals surface area contributed by atoms with Crippen LogP contribution in [0, 0.1) is 0 Å². The Hall–Kier alpha value is -3.67. The monoisotopic (exact) mass is 357 g/mol. The van der Waals surface area contributed by atoms with Crippen molar-refractivity contribution < 1.29 is 4.79 Å². The number of benzene rings is 1. The Bertz CT molecular complexity index is 1050. The highest BCUT2D eigenvalue weighted by molar-refractivity contribution is 5.94. The van der Waals surface area contributed by atoms with Crippen molar-refractivity contribution in [2.75, 3.05) is 0 Å². The van der Waals surface area contributed by atoms with Gasteiger partial charge in [-0.1, -0.05) is 0 Å². The molecule has 27 heavy (non-hydrogen) atoms. The Morgan fingerprint density at radius 2 is 1.81 bits per heavy atom. The molecule has 4 aromatic rings. The van der Waals surface area contributed by atoms with E-state index in [1.165, 1.54) is 0 Å². The van der Waals surface area contributed by atoms with Crippen LogP contribution in [0.5, 0.6) is 0 Å². The molecule has 134 valence electrons. The summed E-state index contributed by atoms with van der Waals surface area (Å²) in [5.41, 5.74) is 4.56. The molecule has 0 spiro atoms. The summed E-state index contributed by atoms with van der Waals surface area (Å²) in [5, 5.41) is 7.13. The van der Waals surface area contributed by atoms with Crippen LogP contribution in [-0.2, 0) is 13.6 Å². The summed E-state index contributed by atoms with van der Waals surface area (Å²) in [6.07, 6.45) is 11.2. The van der Waals surface area contributed by atoms with Crippen molar-refractivity contribution in [2.24, 2.45) is 7.05 Å². The third-order valence-corrected chi connectivity index (χ3v) is 4.32. The zero-order valence-corrected chi connectivity index (χ0v) is 14.9. The van der Waals surface area contributed by atoms with Gasteiger partial charge >= 0.3 is 0 Å². The standard InChI is InChI=1S/C21H19N5O/c1-25-15-19(14-24-25)18-10-16(11-22-13-18)12-23-21(27)17-4-6-20(7-5-17)26-8-2-3-9-26/h2-11,13-15H,12H2,1H3,(H,23,27). The normalized spacial score (nSPS) is 10.7. The van der Waals surface area contributed by atoms with E-state index in [4.69, 9.17) is 0 Å². The fraction of sp³-hybridized carbons (Fsp3) is 0.0952. The minimum Gasteiger partial charge on any atom is -0.348 e. The van der Waals surface area contributed by atoms with Crippen molar-refractivity contribution >= 4 is 5.91 Å². The number of pyridine rings is 1. The van der Waals surface area contributed by atoms with Gasteiger partial charge in [0.2, 0.25) is 0 Å². The number of hydrogen-bond donors (Lipinski definition) is 1. The van der Waals surface area contributed by atoms with E-state index < -0.39 is 0 Å². The van der Waals surface area contributed by atoms with Crippen LogP contribution in [0.25, 0.3) is 16.8 Å². The van der Waals surface area contributed by atoms with Crippen molar-refractivity contribution in [2.45, 2.75) is 6.54 Å². The average Bonchev–Trinajstić information content (AvgIpc) is 3.38. The predicted octanol–water partition coefficient (Wildman–Crippen LogP) is 3.20. The molecule has 0 aliphatic heterocycles. The van der Waals surface area contributed by atoms with Crippen LogP contribution >= 0.6 is 0 Å². The Labute approximate surface area is 157 Å². The fourth-order valence-corrected chi connectivity index (χ4v) is 2.89. The smallest absolute Gasteiger partial charge is 0.251 e. The first-order valence-corrected chi connectivity index (χ1v) is 8.63. The summed E-state index contributed by atoms with van der Waals surface area (Å²) >= 11 is 0. The van der Waals surface area contributed by atoms with E-state index in [1.54, 1.807) is 23.3 Å². The SMILES string of the molecule is Cn1cc(-c2cncc(CNC(=O)c3ccc(-n4cccc4)cc3)c2)cn1. The minimum atomic E-state index is -0.110. The maximum atomic E-state index is 12.4. The topological polar surface area (TPSA) is 64.7 Å². The molecular weight excluding hydrogens is 338 g/mol. The van der Waals surface area contributed by atoms with E-state index in [0.29, 0.717) is 12.1 Å². The Morgan fingerprint density at radius 1 is 1.04 bits per heavy atom. The number of aromatic nitrogens is 4. The number of hydrogen-bond acceptors (Lipinski definition) is 3. The molecule has 1 amide bonds. The van der Waals surface area contributed by atoms with Gasteiger partial charge in [0.25, 0.3) is 5.91 Å². The number of nitrogens with zero attached hydrogens (tertiary/aromatic N) is 4. The van der Waals surface area contributed by atoms with E-state index in [0.717, 1.165) is 22.4 Å². The fourth-order valence-electron chi connectivity index (χ4n) is 2.89. The van der Waals surface area contributed by atoms with Crippen molar-refractivity contribution in [1.82, 2.24) is 24.6 Å². The molecule has 6 heteroatoms. The number of amides is 1. The molecule has 3 aromatic heterocycles. The van der Waals surface area contributed by atoms with Crippen LogP contribution in [0.1, 0.15) is 15.9 Å². The Kier molecular flexibility index (Phi) is 4.53. The third kappa shape index (κ3) is 3.79. The highest BCUT2D eigenvalue weighted by atomic mass is 16.1. The minimum absolute atomic E-state index is 0.110.